The van der Waals surface area contributed by atoms with E-state index in [-0.39, 0.29) is 17.7 Å². The molecule has 6 heteroatoms. The second-order valence-electron chi connectivity index (χ2n) is 5.89. The third kappa shape index (κ3) is 4.22. The van der Waals surface area contributed by atoms with E-state index in [1.807, 2.05) is 6.07 Å². The fraction of sp³-hybridized carbons (Fsp3) is 0.333. The molecular weight excluding hydrogens is 309 g/mol. The zero-order valence-corrected chi connectivity index (χ0v) is 13.6. The van der Waals surface area contributed by atoms with Gasteiger partial charge in [-0.25, -0.2) is 0 Å². The van der Waals surface area contributed by atoms with Gasteiger partial charge >= 0.3 is 0 Å². The van der Waals surface area contributed by atoms with E-state index in [2.05, 4.69) is 36.3 Å². The number of benzene rings is 1. The Hall–Kier alpha value is -1.52. The van der Waals surface area contributed by atoms with E-state index in [1.165, 1.54) is 0 Å². The number of rotatable bonds is 3. The Morgan fingerprint density at radius 1 is 1.24 bits per heavy atom. The summed E-state index contributed by atoms with van der Waals surface area (Å²) in [5.41, 5.74) is 1.72. The van der Waals surface area contributed by atoms with Crippen molar-refractivity contribution >= 4 is 34.9 Å². The van der Waals surface area contributed by atoms with E-state index in [9.17, 15) is 4.79 Å². The molecule has 4 nitrogen and oxygen atoms in total. The second-order valence-corrected chi connectivity index (χ2v) is 6.70. The Morgan fingerprint density at radius 3 is 2.52 bits per heavy atom. The molecule has 2 aromatic rings. The number of carbonyl (C=O) groups excluding carboxylic acids is 1. The maximum Gasteiger partial charge on any atom is 0.229 e. The molecule has 0 bridgehead atoms. The third-order valence-corrected chi connectivity index (χ3v) is 3.74. The molecule has 21 heavy (non-hydrogen) atoms. The molecule has 0 saturated heterocycles. The Kier molecular flexibility index (Phi) is 4.59. The van der Waals surface area contributed by atoms with Gasteiger partial charge in [-0.1, -0.05) is 50.0 Å². The van der Waals surface area contributed by atoms with E-state index in [0.29, 0.717) is 15.9 Å². The van der Waals surface area contributed by atoms with Crippen LogP contribution in [0.25, 0.3) is 0 Å². The number of nitrogens with one attached hydrogen (secondary N) is 2. The number of nitrogens with zero attached hydrogens (tertiary/aromatic N) is 1. The summed E-state index contributed by atoms with van der Waals surface area (Å²) < 4.78 is 0. The van der Waals surface area contributed by atoms with E-state index < -0.39 is 0 Å². The number of hydrogen-bond acceptors (Lipinski definition) is 2. The Morgan fingerprint density at radius 2 is 1.95 bits per heavy atom. The summed E-state index contributed by atoms with van der Waals surface area (Å²) in [6, 6.07) is 6.99. The maximum atomic E-state index is 12.0. The molecule has 0 saturated carbocycles. The van der Waals surface area contributed by atoms with Gasteiger partial charge < -0.3 is 5.32 Å². The minimum absolute atomic E-state index is 0.0420. The van der Waals surface area contributed by atoms with Crippen molar-refractivity contribution in [3.63, 3.8) is 0 Å². The van der Waals surface area contributed by atoms with Gasteiger partial charge in [0.15, 0.2) is 5.82 Å². The van der Waals surface area contributed by atoms with Crippen LogP contribution in [-0.2, 0) is 16.6 Å². The fourth-order valence-electron chi connectivity index (χ4n) is 1.79. The van der Waals surface area contributed by atoms with Crippen LogP contribution in [0.15, 0.2) is 24.3 Å². The molecule has 2 N–H and O–H groups in total. The lowest BCUT2D eigenvalue weighted by Gasteiger charge is -2.14. The number of carbonyl (C=O) groups is 1. The standard InChI is InChI=1S/C15H17Cl2N3O/c1-15(2,3)12-8-13(20-19-12)18-14(21)7-9-4-5-10(16)11(17)6-9/h4-6,8H,7H2,1-3H3,(H2,18,19,20,21). The van der Waals surface area contributed by atoms with Crippen LogP contribution in [0.3, 0.4) is 0 Å². The number of aromatic nitrogens is 2. The van der Waals surface area contributed by atoms with Gasteiger partial charge in [0, 0.05) is 17.2 Å². The smallest absolute Gasteiger partial charge is 0.229 e. The Labute approximate surface area is 133 Å². The molecule has 1 heterocycles. The van der Waals surface area contributed by atoms with Crippen LogP contribution < -0.4 is 5.32 Å². The monoisotopic (exact) mass is 325 g/mol. The Balaban J connectivity index is 2.01. The number of anilines is 1. The van der Waals surface area contributed by atoms with Crippen molar-refractivity contribution in [2.24, 2.45) is 0 Å². The zero-order chi connectivity index (χ0) is 15.6. The van der Waals surface area contributed by atoms with Gasteiger partial charge in [-0.3, -0.25) is 9.89 Å². The fourth-order valence-corrected chi connectivity index (χ4v) is 2.11. The third-order valence-electron chi connectivity index (χ3n) is 3.00. The molecule has 1 aromatic heterocycles. The summed E-state index contributed by atoms with van der Waals surface area (Å²) >= 11 is 11.8. The minimum Gasteiger partial charge on any atom is -0.309 e. The number of aromatic amines is 1. The van der Waals surface area contributed by atoms with Crippen molar-refractivity contribution in [1.29, 1.82) is 0 Å². The van der Waals surface area contributed by atoms with Crippen molar-refractivity contribution in [2.75, 3.05) is 5.32 Å². The van der Waals surface area contributed by atoms with Gasteiger partial charge in [0.1, 0.15) is 0 Å². The first-order valence-electron chi connectivity index (χ1n) is 6.55. The van der Waals surface area contributed by atoms with Gasteiger partial charge in [-0.15, -0.1) is 0 Å². The van der Waals surface area contributed by atoms with Gasteiger partial charge in [-0.05, 0) is 17.7 Å². The molecule has 1 aromatic carbocycles. The van der Waals surface area contributed by atoms with Crippen LogP contribution in [0.4, 0.5) is 5.82 Å². The highest BCUT2D eigenvalue weighted by Gasteiger charge is 2.17. The first kappa shape index (κ1) is 15.9. The molecule has 112 valence electrons. The first-order chi connectivity index (χ1) is 9.75. The van der Waals surface area contributed by atoms with Crippen LogP contribution in [0, 0.1) is 0 Å². The summed E-state index contributed by atoms with van der Waals surface area (Å²) in [6.45, 7) is 6.21. The summed E-state index contributed by atoms with van der Waals surface area (Å²) in [6.07, 6.45) is 0.217. The predicted molar refractivity (Wildman–Crippen MR) is 86.1 cm³/mol. The van der Waals surface area contributed by atoms with Gasteiger partial charge in [-0.2, -0.15) is 5.10 Å². The first-order valence-corrected chi connectivity index (χ1v) is 7.31. The quantitative estimate of drug-likeness (QED) is 0.888. The van der Waals surface area contributed by atoms with Crippen LogP contribution in [0.1, 0.15) is 32.0 Å². The highest BCUT2D eigenvalue weighted by molar-refractivity contribution is 6.42. The topological polar surface area (TPSA) is 57.8 Å². The summed E-state index contributed by atoms with van der Waals surface area (Å²) in [4.78, 5) is 12.0. The SMILES string of the molecule is CC(C)(C)c1cc(NC(=O)Cc2ccc(Cl)c(Cl)c2)n[nH]1. The lowest BCUT2D eigenvalue weighted by molar-refractivity contribution is -0.115. The average molecular weight is 326 g/mol. The molecule has 1 amide bonds. The van der Waals surface area contributed by atoms with Gasteiger partial charge in [0.2, 0.25) is 5.91 Å². The number of amides is 1. The normalized spacial score (nSPS) is 11.5. The van der Waals surface area contributed by atoms with Crippen molar-refractivity contribution < 1.29 is 4.79 Å². The molecule has 0 aliphatic carbocycles. The lowest BCUT2D eigenvalue weighted by atomic mass is 9.92. The highest BCUT2D eigenvalue weighted by atomic mass is 35.5. The second kappa shape index (κ2) is 6.08. The van der Waals surface area contributed by atoms with Crippen molar-refractivity contribution in [3.8, 4) is 0 Å². The zero-order valence-electron chi connectivity index (χ0n) is 12.1. The minimum atomic E-state index is -0.152. The molecule has 0 aliphatic rings. The van der Waals surface area contributed by atoms with Crippen LogP contribution in [-0.4, -0.2) is 16.1 Å². The summed E-state index contributed by atoms with van der Waals surface area (Å²) in [5.74, 6) is 0.366. The molecule has 0 spiro atoms. The molecule has 0 unspecified atom stereocenters. The Bertz CT molecular complexity index is 659. The van der Waals surface area contributed by atoms with Crippen molar-refractivity contribution in [1.82, 2.24) is 10.2 Å². The molecule has 0 fully saturated rings. The number of halogens is 2. The van der Waals surface area contributed by atoms with Gasteiger partial charge in [0.25, 0.3) is 0 Å². The number of hydrogen-bond donors (Lipinski definition) is 2. The van der Waals surface area contributed by atoms with E-state index >= 15 is 0 Å². The van der Waals surface area contributed by atoms with E-state index in [0.717, 1.165) is 11.3 Å². The maximum absolute atomic E-state index is 12.0. The molecular formula is C15H17Cl2N3O. The molecule has 0 atom stereocenters. The van der Waals surface area contributed by atoms with Crippen LogP contribution >= 0.6 is 23.2 Å². The summed E-state index contributed by atoms with van der Waals surface area (Å²) in [7, 11) is 0. The van der Waals surface area contributed by atoms with Gasteiger partial charge in [0.05, 0.1) is 16.5 Å². The molecule has 2 rings (SSSR count). The van der Waals surface area contributed by atoms with Crippen molar-refractivity contribution in [2.45, 2.75) is 32.6 Å². The van der Waals surface area contributed by atoms with Crippen LogP contribution in [0.2, 0.25) is 10.0 Å². The van der Waals surface area contributed by atoms with Crippen molar-refractivity contribution in [3.05, 3.63) is 45.6 Å². The lowest BCUT2D eigenvalue weighted by Crippen LogP contribution is -2.14. The highest BCUT2D eigenvalue weighted by Crippen LogP contribution is 2.24. The van der Waals surface area contributed by atoms with E-state index in [1.54, 1.807) is 18.2 Å². The summed E-state index contributed by atoms with van der Waals surface area (Å²) in [5, 5.41) is 10.7. The molecule has 0 aliphatic heterocycles. The predicted octanol–water partition coefficient (Wildman–Crippen LogP) is 4.20. The average Bonchev–Trinajstić information content (AvgIpc) is 2.82. The molecule has 0 radical (unpaired) electrons. The van der Waals surface area contributed by atoms with E-state index in [4.69, 9.17) is 23.2 Å². The number of H-pyrrole nitrogens is 1. The van der Waals surface area contributed by atoms with Crippen LogP contribution in [0.5, 0.6) is 0 Å². The largest absolute Gasteiger partial charge is 0.309 e.